The lowest BCUT2D eigenvalue weighted by Crippen LogP contribution is -2.07. The summed E-state index contributed by atoms with van der Waals surface area (Å²) in [7, 11) is 0. The van der Waals surface area contributed by atoms with Crippen molar-refractivity contribution in [2.24, 2.45) is 0 Å². The van der Waals surface area contributed by atoms with Gasteiger partial charge in [0.05, 0.1) is 5.52 Å². The molecule has 0 aliphatic carbocycles. The first-order valence-corrected chi connectivity index (χ1v) is 7.11. The van der Waals surface area contributed by atoms with E-state index in [1.54, 1.807) is 0 Å². The first-order chi connectivity index (χ1) is 9.83. The van der Waals surface area contributed by atoms with Gasteiger partial charge in [0.15, 0.2) is 0 Å². The number of thiophene rings is 1. The summed E-state index contributed by atoms with van der Waals surface area (Å²) in [6.07, 6.45) is 0. The molecule has 0 bridgehead atoms. The highest BCUT2D eigenvalue weighted by molar-refractivity contribution is 7.25. The third-order valence-electron chi connectivity index (χ3n) is 3.28. The number of nitrogens with one attached hydrogen (secondary N) is 1. The number of hydrogen-bond acceptors (Lipinski definition) is 3. The third kappa shape index (κ3) is 1.66. The molecule has 2 aromatic carbocycles. The average Bonchev–Trinajstić information content (AvgIpc) is 2.88. The van der Waals surface area contributed by atoms with E-state index in [0.29, 0.717) is 10.5 Å². The highest BCUT2D eigenvalue weighted by atomic mass is 32.1. The summed E-state index contributed by atoms with van der Waals surface area (Å²) in [4.78, 5) is 19.8. The van der Waals surface area contributed by atoms with Crippen LogP contribution in [0.25, 0.3) is 31.7 Å². The fraction of sp³-hybridized carbons (Fsp3) is 0. The quantitative estimate of drug-likeness (QED) is 0.575. The Balaban J connectivity index is 2.11. The second kappa shape index (κ2) is 4.28. The van der Waals surface area contributed by atoms with Crippen LogP contribution in [0.2, 0.25) is 0 Å². The Kier molecular flexibility index (Phi) is 2.44. The van der Waals surface area contributed by atoms with Crippen molar-refractivity contribution < 1.29 is 0 Å². The zero-order valence-electron chi connectivity index (χ0n) is 10.5. The van der Waals surface area contributed by atoms with E-state index in [0.717, 1.165) is 21.2 Å². The highest BCUT2D eigenvalue weighted by Crippen LogP contribution is 2.30. The van der Waals surface area contributed by atoms with Crippen molar-refractivity contribution in [3.05, 3.63) is 65.0 Å². The minimum Gasteiger partial charge on any atom is -0.305 e. The Labute approximate surface area is 118 Å². The van der Waals surface area contributed by atoms with E-state index in [9.17, 15) is 4.79 Å². The van der Waals surface area contributed by atoms with Gasteiger partial charge < -0.3 is 4.98 Å². The van der Waals surface area contributed by atoms with Crippen LogP contribution in [-0.4, -0.2) is 9.97 Å². The van der Waals surface area contributed by atoms with Crippen molar-refractivity contribution >= 4 is 31.6 Å². The second-order valence-corrected chi connectivity index (χ2v) is 5.61. The van der Waals surface area contributed by atoms with E-state index in [1.165, 1.54) is 11.3 Å². The van der Waals surface area contributed by atoms with Crippen molar-refractivity contribution in [1.82, 2.24) is 9.97 Å². The van der Waals surface area contributed by atoms with Crippen LogP contribution in [0.15, 0.2) is 59.4 Å². The van der Waals surface area contributed by atoms with E-state index in [2.05, 4.69) is 9.97 Å². The zero-order chi connectivity index (χ0) is 13.5. The molecule has 2 aromatic heterocycles. The monoisotopic (exact) mass is 278 g/mol. The maximum Gasteiger partial charge on any atom is 0.269 e. The molecule has 2 heterocycles. The molecule has 4 aromatic rings. The van der Waals surface area contributed by atoms with Gasteiger partial charge in [0.2, 0.25) is 0 Å². The van der Waals surface area contributed by atoms with Crippen molar-refractivity contribution in [2.45, 2.75) is 0 Å². The molecular formula is C16H10N2OS. The minimum atomic E-state index is -0.0740. The van der Waals surface area contributed by atoms with Gasteiger partial charge in [-0.05, 0) is 6.07 Å². The van der Waals surface area contributed by atoms with Crippen molar-refractivity contribution in [2.75, 3.05) is 0 Å². The van der Waals surface area contributed by atoms with Crippen LogP contribution >= 0.6 is 11.3 Å². The number of nitrogens with zero attached hydrogens (tertiary/aromatic N) is 1. The molecule has 96 valence electrons. The average molecular weight is 278 g/mol. The summed E-state index contributed by atoms with van der Waals surface area (Å²) in [5, 5.41) is 1.04. The maximum atomic E-state index is 12.3. The van der Waals surface area contributed by atoms with Crippen LogP contribution < -0.4 is 5.56 Å². The number of H-pyrrole nitrogens is 1. The first-order valence-electron chi connectivity index (χ1n) is 6.30. The Hall–Kier alpha value is -2.46. The lowest BCUT2D eigenvalue weighted by atomic mass is 10.2. The maximum absolute atomic E-state index is 12.3. The Bertz CT molecular complexity index is 970. The lowest BCUT2D eigenvalue weighted by molar-refractivity contribution is 1.19. The number of aromatic amines is 1. The summed E-state index contributed by atoms with van der Waals surface area (Å²) < 4.78 is 1.77. The Morgan fingerprint density at radius 1 is 0.950 bits per heavy atom. The second-order valence-electron chi connectivity index (χ2n) is 4.56. The Morgan fingerprint density at radius 3 is 2.55 bits per heavy atom. The van der Waals surface area contributed by atoms with Gasteiger partial charge in [-0.2, -0.15) is 0 Å². The molecule has 1 N–H and O–H groups in total. The van der Waals surface area contributed by atoms with Gasteiger partial charge in [-0.25, -0.2) is 4.98 Å². The number of fused-ring (bicyclic) bond motifs is 3. The van der Waals surface area contributed by atoms with Crippen molar-refractivity contribution in [3.8, 4) is 11.4 Å². The number of rotatable bonds is 1. The molecule has 4 rings (SSSR count). The lowest BCUT2D eigenvalue weighted by Gasteiger charge is -2.00. The van der Waals surface area contributed by atoms with Gasteiger partial charge in [0.1, 0.15) is 10.5 Å². The van der Waals surface area contributed by atoms with E-state index in [1.807, 2.05) is 54.6 Å². The molecule has 0 spiro atoms. The van der Waals surface area contributed by atoms with Crippen LogP contribution in [0.3, 0.4) is 0 Å². The molecular weight excluding hydrogens is 268 g/mol. The molecule has 0 radical (unpaired) electrons. The smallest absolute Gasteiger partial charge is 0.269 e. The van der Waals surface area contributed by atoms with Gasteiger partial charge in [0, 0.05) is 15.6 Å². The normalized spacial score (nSPS) is 11.2. The summed E-state index contributed by atoms with van der Waals surface area (Å²) in [6, 6.07) is 17.7. The van der Waals surface area contributed by atoms with Crippen LogP contribution in [-0.2, 0) is 0 Å². The summed E-state index contributed by atoms with van der Waals surface area (Å²) in [5.41, 5.74) is 1.63. The van der Waals surface area contributed by atoms with E-state index < -0.39 is 0 Å². The van der Waals surface area contributed by atoms with Crippen molar-refractivity contribution in [1.29, 1.82) is 0 Å². The molecule has 0 amide bonds. The molecule has 0 saturated heterocycles. The third-order valence-corrected chi connectivity index (χ3v) is 4.44. The van der Waals surface area contributed by atoms with Crippen LogP contribution in [0.4, 0.5) is 0 Å². The molecule has 20 heavy (non-hydrogen) atoms. The van der Waals surface area contributed by atoms with Crippen molar-refractivity contribution in [3.63, 3.8) is 0 Å². The van der Waals surface area contributed by atoms with Gasteiger partial charge in [-0.3, -0.25) is 4.79 Å². The summed E-state index contributed by atoms with van der Waals surface area (Å²) >= 11 is 1.49. The van der Waals surface area contributed by atoms with Gasteiger partial charge in [-0.1, -0.05) is 48.5 Å². The van der Waals surface area contributed by atoms with E-state index in [-0.39, 0.29) is 5.56 Å². The predicted octanol–water partition coefficient (Wildman–Crippen LogP) is 3.80. The number of hydrogen-bond donors (Lipinski definition) is 1. The number of benzene rings is 2. The SMILES string of the molecule is O=c1[nH]c(-c2ccccc2)nc2c1sc1ccccc12. The predicted molar refractivity (Wildman–Crippen MR) is 83.2 cm³/mol. The summed E-state index contributed by atoms with van der Waals surface area (Å²) in [6.45, 7) is 0. The van der Waals surface area contributed by atoms with Crippen LogP contribution in [0.1, 0.15) is 0 Å². The topological polar surface area (TPSA) is 45.8 Å². The molecule has 3 nitrogen and oxygen atoms in total. The molecule has 0 fully saturated rings. The molecule has 0 atom stereocenters. The Morgan fingerprint density at radius 2 is 1.70 bits per heavy atom. The molecule has 0 aliphatic rings. The molecule has 0 unspecified atom stereocenters. The summed E-state index contributed by atoms with van der Waals surface area (Å²) in [5.74, 6) is 0.617. The first kappa shape index (κ1) is 11.4. The molecule has 0 saturated carbocycles. The van der Waals surface area contributed by atoms with Crippen LogP contribution in [0.5, 0.6) is 0 Å². The minimum absolute atomic E-state index is 0.0740. The fourth-order valence-electron chi connectivity index (χ4n) is 2.33. The van der Waals surface area contributed by atoms with E-state index >= 15 is 0 Å². The van der Waals surface area contributed by atoms with Crippen LogP contribution in [0, 0.1) is 0 Å². The largest absolute Gasteiger partial charge is 0.305 e. The fourth-order valence-corrected chi connectivity index (χ4v) is 3.37. The van der Waals surface area contributed by atoms with Gasteiger partial charge >= 0.3 is 0 Å². The molecule has 0 aliphatic heterocycles. The highest BCUT2D eigenvalue weighted by Gasteiger charge is 2.11. The number of aromatic nitrogens is 2. The van der Waals surface area contributed by atoms with E-state index in [4.69, 9.17) is 0 Å². The standard InChI is InChI=1S/C16H10N2OS/c19-16-14-13(11-8-4-5-9-12(11)20-14)17-15(18-16)10-6-2-1-3-7-10/h1-9H,(H,17,18,19). The molecule has 4 heteroatoms. The zero-order valence-corrected chi connectivity index (χ0v) is 11.3. The van der Waals surface area contributed by atoms with Gasteiger partial charge in [-0.15, -0.1) is 11.3 Å². The van der Waals surface area contributed by atoms with Gasteiger partial charge in [0.25, 0.3) is 5.56 Å².